The molecule has 1 aliphatic heterocycles. The second-order valence-electron chi connectivity index (χ2n) is 4.08. The van der Waals surface area contributed by atoms with E-state index in [1.54, 1.807) is 0 Å². The van der Waals surface area contributed by atoms with Gasteiger partial charge in [-0.15, -0.1) is 0 Å². The maximum Gasteiger partial charge on any atom is 0.0230 e. The highest BCUT2D eigenvalue weighted by atomic mass is 14.7. The van der Waals surface area contributed by atoms with E-state index in [9.17, 15) is 0 Å². The molecule has 1 aromatic carbocycles. The third kappa shape index (κ3) is 2.56. The second kappa shape index (κ2) is 4.92. The summed E-state index contributed by atoms with van der Waals surface area (Å²) in [7, 11) is 0. The number of hydrogen-bond donors (Lipinski definition) is 0. The number of benzene rings is 1. The predicted molar refractivity (Wildman–Crippen MR) is 65.0 cm³/mol. The van der Waals surface area contributed by atoms with Crippen molar-refractivity contribution in [2.45, 2.75) is 19.8 Å². The van der Waals surface area contributed by atoms with Gasteiger partial charge in [0.05, 0.1) is 0 Å². The Morgan fingerprint density at radius 2 is 2.07 bits per heavy atom. The number of allylic oxidation sites excluding steroid dienone is 1. The Morgan fingerprint density at radius 1 is 1.27 bits per heavy atom. The monoisotopic (exact) mass is 199 g/mol. The van der Waals surface area contributed by atoms with Gasteiger partial charge in [0.2, 0.25) is 0 Å². The number of hydrogen-bond acceptors (Lipinski definition) is 1. The standard InChI is InChI=1S/C14H17N/c1-2-13(14-8-9-15-11-14)10-12-6-4-3-5-7-12/h3-9,11,13-14H,2,10H2,1H3. The third-order valence-corrected chi connectivity index (χ3v) is 3.06. The topological polar surface area (TPSA) is 12.4 Å². The van der Waals surface area contributed by atoms with Crippen LogP contribution in [0.2, 0.25) is 0 Å². The van der Waals surface area contributed by atoms with Crippen molar-refractivity contribution in [3.63, 3.8) is 0 Å². The number of aliphatic imine (C=N–C) groups is 1. The molecule has 0 spiro atoms. The molecule has 0 saturated heterocycles. The zero-order valence-electron chi connectivity index (χ0n) is 9.13. The quantitative estimate of drug-likeness (QED) is 0.704. The fraction of sp³-hybridized carbons (Fsp3) is 0.357. The Morgan fingerprint density at radius 3 is 2.67 bits per heavy atom. The molecule has 78 valence electrons. The molecule has 0 aliphatic carbocycles. The van der Waals surface area contributed by atoms with Gasteiger partial charge in [-0.05, 0) is 17.9 Å². The highest BCUT2D eigenvalue weighted by Crippen LogP contribution is 2.23. The van der Waals surface area contributed by atoms with Crippen LogP contribution in [0.15, 0.2) is 47.6 Å². The molecule has 0 saturated carbocycles. The van der Waals surface area contributed by atoms with Crippen LogP contribution in [0.4, 0.5) is 0 Å². The van der Waals surface area contributed by atoms with E-state index in [-0.39, 0.29) is 0 Å². The summed E-state index contributed by atoms with van der Waals surface area (Å²) in [5.74, 6) is 1.23. The molecule has 2 unspecified atom stereocenters. The van der Waals surface area contributed by atoms with Crippen molar-refractivity contribution in [3.8, 4) is 0 Å². The summed E-state index contributed by atoms with van der Waals surface area (Å²) in [6.07, 6.45) is 8.54. The van der Waals surface area contributed by atoms with Crippen molar-refractivity contribution in [1.82, 2.24) is 0 Å². The van der Waals surface area contributed by atoms with E-state index in [1.165, 1.54) is 12.0 Å². The summed E-state index contributed by atoms with van der Waals surface area (Å²) in [5, 5.41) is 0. The first-order valence-electron chi connectivity index (χ1n) is 5.64. The predicted octanol–water partition coefficient (Wildman–Crippen LogP) is 3.47. The molecule has 15 heavy (non-hydrogen) atoms. The smallest absolute Gasteiger partial charge is 0.0230 e. The van der Waals surface area contributed by atoms with Gasteiger partial charge in [0.15, 0.2) is 0 Å². The average molecular weight is 199 g/mol. The van der Waals surface area contributed by atoms with E-state index in [1.807, 2.05) is 6.20 Å². The van der Waals surface area contributed by atoms with Crippen molar-refractivity contribution in [2.75, 3.05) is 0 Å². The van der Waals surface area contributed by atoms with Crippen molar-refractivity contribution in [1.29, 1.82) is 0 Å². The van der Waals surface area contributed by atoms with Gasteiger partial charge in [-0.2, -0.15) is 0 Å². The SMILES string of the molecule is CCC(Cc1ccccc1)C1C=CN=C1. The van der Waals surface area contributed by atoms with E-state index in [2.05, 4.69) is 54.5 Å². The fourth-order valence-electron chi connectivity index (χ4n) is 2.10. The Kier molecular flexibility index (Phi) is 3.33. The van der Waals surface area contributed by atoms with Crippen molar-refractivity contribution >= 4 is 6.21 Å². The lowest BCUT2D eigenvalue weighted by Gasteiger charge is -2.18. The molecular formula is C14H17N. The molecule has 0 bridgehead atoms. The average Bonchev–Trinajstić information content (AvgIpc) is 2.81. The van der Waals surface area contributed by atoms with Crippen LogP contribution in [-0.2, 0) is 6.42 Å². The lowest BCUT2D eigenvalue weighted by Crippen LogP contribution is -2.14. The van der Waals surface area contributed by atoms with Crippen molar-refractivity contribution < 1.29 is 0 Å². The largest absolute Gasteiger partial charge is 0.269 e. The molecule has 1 heterocycles. The van der Waals surface area contributed by atoms with Gasteiger partial charge in [-0.3, -0.25) is 4.99 Å². The fourth-order valence-corrected chi connectivity index (χ4v) is 2.10. The maximum absolute atomic E-state index is 4.17. The first kappa shape index (κ1) is 10.2. The third-order valence-electron chi connectivity index (χ3n) is 3.06. The Balaban J connectivity index is 2.02. The van der Waals surface area contributed by atoms with Crippen LogP contribution in [-0.4, -0.2) is 6.21 Å². The van der Waals surface area contributed by atoms with E-state index in [0.29, 0.717) is 11.8 Å². The normalized spacial score (nSPS) is 20.7. The lowest BCUT2D eigenvalue weighted by molar-refractivity contribution is 0.463. The van der Waals surface area contributed by atoms with E-state index >= 15 is 0 Å². The van der Waals surface area contributed by atoms with Crippen LogP contribution < -0.4 is 0 Å². The summed E-state index contributed by atoms with van der Waals surface area (Å²) in [6.45, 7) is 2.26. The summed E-state index contributed by atoms with van der Waals surface area (Å²) in [5.41, 5.74) is 1.43. The molecular weight excluding hydrogens is 182 g/mol. The summed E-state index contributed by atoms with van der Waals surface area (Å²) in [4.78, 5) is 4.17. The Bertz CT molecular complexity index is 339. The molecule has 1 aromatic rings. The van der Waals surface area contributed by atoms with Crippen LogP contribution in [0, 0.1) is 11.8 Å². The molecule has 0 aromatic heterocycles. The Labute approximate surface area is 91.6 Å². The molecule has 2 atom stereocenters. The van der Waals surface area contributed by atoms with Crippen molar-refractivity contribution in [3.05, 3.63) is 48.2 Å². The zero-order chi connectivity index (χ0) is 10.5. The van der Waals surface area contributed by atoms with Crippen LogP contribution in [0.3, 0.4) is 0 Å². The molecule has 1 aliphatic rings. The molecule has 0 fully saturated rings. The number of nitrogens with zero attached hydrogens (tertiary/aromatic N) is 1. The second-order valence-corrected chi connectivity index (χ2v) is 4.08. The molecule has 2 rings (SSSR count). The molecule has 0 N–H and O–H groups in total. The van der Waals surface area contributed by atoms with Crippen LogP contribution in [0.1, 0.15) is 18.9 Å². The highest BCUT2D eigenvalue weighted by Gasteiger charge is 2.17. The molecule has 1 nitrogen and oxygen atoms in total. The van der Waals surface area contributed by atoms with Gasteiger partial charge in [0.1, 0.15) is 0 Å². The number of rotatable bonds is 4. The highest BCUT2D eigenvalue weighted by molar-refractivity contribution is 5.67. The van der Waals surface area contributed by atoms with Gasteiger partial charge in [0.25, 0.3) is 0 Å². The van der Waals surface area contributed by atoms with E-state index in [4.69, 9.17) is 0 Å². The van der Waals surface area contributed by atoms with Gasteiger partial charge in [-0.25, -0.2) is 0 Å². The minimum Gasteiger partial charge on any atom is -0.269 e. The summed E-state index contributed by atoms with van der Waals surface area (Å²) in [6, 6.07) is 10.7. The van der Waals surface area contributed by atoms with Crippen LogP contribution >= 0.6 is 0 Å². The van der Waals surface area contributed by atoms with Crippen LogP contribution in [0.5, 0.6) is 0 Å². The lowest BCUT2D eigenvalue weighted by atomic mass is 9.86. The van der Waals surface area contributed by atoms with Crippen molar-refractivity contribution in [2.24, 2.45) is 16.8 Å². The van der Waals surface area contributed by atoms with E-state index < -0.39 is 0 Å². The Hall–Kier alpha value is -1.37. The van der Waals surface area contributed by atoms with Gasteiger partial charge >= 0.3 is 0 Å². The summed E-state index contributed by atoms with van der Waals surface area (Å²) < 4.78 is 0. The minimum absolute atomic E-state index is 0.537. The van der Waals surface area contributed by atoms with Gasteiger partial charge in [-0.1, -0.05) is 49.8 Å². The molecule has 0 amide bonds. The molecule has 1 heteroatoms. The zero-order valence-corrected chi connectivity index (χ0v) is 9.13. The first-order chi connectivity index (χ1) is 7.40. The van der Waals surface area contributed by atoms with Gasteiger partial charge < -0.3 is 0 Å². The maximum atomic E-state index is 4.17. The summed E-state index contributed by atoms with van der Waals surface area (Å²) >= 11 is 0. The first-order valence-corrected chi connectivity index (χ1v) is 5.64. The van der Waals surface area contributed by atoms with E-state index in [0.717, 1.165) is 6.42 Å². The minimum atomic E-state index is 0.537. The van der Waals surface area contributed by atoms with Gasteiger partial charge in [0, 0.05) is 18.3 Å². The molecule has 0 radical (unpaired) electrons. The van der Waals surface area contributed by atoms with Crippen LogP contribution in [0.25, 0.3) is 0 Å².